The summed E-state index contributed by atoms with van der Waals surface area (Å²) in [4.78, 5) is 0. The van der Waals surface area contributed by atoms with Gasteiger partial charge in [-0.15, -0.1) is 12.3 Å². The number of rotatable bonds is 3. The molecule has 0 nitrogen and oxygen atoms in total. The van der Waals surface area contributed by atoms with Crippen LogP contribution in [0.3, 0.4) is 0 Å². The molecule has 0 heterocycles. The fourth-order valence-electron chi connectivity index (χ4n) is 2.19. The molecule has 0 spiro atoms. The van der Waals surface area contributed by atoms with Gasteiger partial charge in [-0.25, -0.2) is 0 Å². The molecule has 0 unspecified atom stereocenters. The van der Waals surface area contributed by atoms with E-state index in [0.29, 0.717) is 11.1 Å². The third-order valence-electron chi connectivity index (χ3n) is 3.37. The van der Waals surface area contributed by atoms with Crippen LogP contribution in [-0.4, -0.2) is 8.07 Å². The molecule has 1 heteroatoms. The van der Waals surface area contributed by atoms with Crippen LogP contribution in [0.4, 0.5) is 0 Å². The van der Waals surface area contributed by atoms with Crippen molar-refractivity contribution in [3.63, 3.8) is 0 Å². The van der Waals surface area contributed by atoms with Crippen molar-refractivity contribution in [3.05, 3.63) is 60.9 Å². The van der Waals surface area contributed by atoms with Gasteiger partial charge in [-0.1, -0.05) is 55.2 Å². The molecule has 0 fully saturated rings. The normalized spacial score (nSPS) is 21.2. The molecule has 0 amide bonds. The van der Waals surface area contributed by atoms with Gasteiger partial charge in [-0.2, -0.15) is 0 Å². The highest BCUT2D eigenvalue weighted by Crippen LogP contribution is 2.41. The standard InChI is InChI=1S/C13H16Si/c1-3-14(2,12-8-4-5-9-12)13-10-6-7-11-13/h3-13H,1H2,2H3. The summed E-state index contributed by atoms with van der Waals surface area (Å²) in [5.41, 5.74) is 3.47. The van der Waals surface area contributed by atoms with Crippen molar-refractivity contribution in [2.75, 3.05) is 0 Å². The number of hydrogen-bond acceptors (Lipinski definition) is 0. The summed E-state index contributed by atoms with van der Waals surface area (Å²) in [5.74, 6) is 0. The van der Waals surface area contributed by atoms with Crippen molar-refractivity contribution in [2.45, 2.75) is 17.6 Å². The van der Waals surface area contributed by atoms with Crippen LogP contribution in [0.15, 0.2) is 60.9 Å². The summed E-state index contributed by atoms with van der Waals surface area (Å²) in [6, 6.07) is 0. The van der Waals surface area contributed by atoms with Crippen LogP contribution < -0.4 is 0 Å². The lowest BCUT2D eigenvalue weighted by Crippen LogP contribution is -2.36. The highest BCUT2D eigenvalue weighted by Gasteiger charge is 2.37. The minimum absolute atomic E-state index is 0.623. The average Bonchev–Trinajstić information content (AvgIpc) is 2.88. The predicted molar refractivity (Wildman–Crippen MR) is 65.9 cm³/mol. The monoisotopic (exact) mass is 200 g/mol. The molecule has 0 aromatic rings. The van der Waals surface area contributed by atoms with Crippen LogP contribution in [0.5, 0.6) is 0 Å². The van der Waals surface area contributed by atoms with Gasteiger partial charge in [0, 0.05) is 0 Å². The quantitative estimate of drug-likeness (QED) is 0.608. The highest BCUT2D eigenvalue weighted by molar-refractivity contribution is 6.87. The molecule has 0 saturated heterocycles. The lowest BCUT2D eigenvalue weighted by molar-refractivity contribution is 1.19. The molecule has 2 rings (SSSR count). The molecule has 0 aliphatic heterocycles. The topological polar surface area (TPSA) is 0 Å². The van der Waals surface area contributed by atoms with Crippen molar-refractivity contribution in [1.29, 1.82) is 0 Å². The Morgan fingerprint density at radius 3 is 1.57 bits per heavy atom. The van der Waals surface area contributed by atoms with E-state index in [2.05, 4.69) is 67.4 Å². The van der Waals surface area contributed by atoms with Gasteiger partial charge in [0.2, 0.25) is 0 Å². The van der Waals surface area contributed by atoms with Crippen LogP contribution in [0, 0.1) is 0 Å². The molecular formula is C13H16Si. The van der Waals surface area contributed by atoms with Gasteiger partial charge >= 0.3 is 0 Å². The van der Waals surface area contributed by atoms with Crippen LogP contribution in [0.2, 0.25) is 17.6 Å². The largest absolute Gasteiger partial charge is 0.107 e. The third kappa shape index (κ3) is 1.38. The Hall–Kier alpha value is -1.08. The van der Waals surface area contributed by atoms with E-state index < -0.39 is 8.07 Å². The maximum Gasteiger partial charge on any atom is 0.0952 e. The Kier molecular flexibility index (Phi) is 2.42. The molecular weight excluding hydrogens is 184 g/mol. The van der Waals surface area contributed by atoms with Gasteiger partial charge < -0.3 is 0 Å². The lowest BCUT2D eigenvalue weighted by atomic mass is 10.4. The third-order valence-corrected chi connectivity index (χ3v) is 7.89. The fourth-order valence-corrected chi connectivity index (χ4v) is 5.28. The van der Waals surface area contributed by atoms with Crippen LogP contribution in [0.25, 0.3) is 0 Å². The first-order valence-corrected chi connectivity index (χ1v) is 7.84. The SMILES string of the molecule is C=C[Si](C)(C1C=CC=C1)C1C=CC=C1. The van der Waals surface area contributed by atoms with Crippen molar-refractivity contribution in [3.8, 4) is 0 Å². The van der Waals surface area contributed by atoms with Crippen molar-refractivity contribution < 1.29 is 0 Å². The second-order valence-corrected chi connectivity index (χ2v) is 8.63. The van der Waals surface area contributed by atoms with Crippen LogP contribution in [0.1, 0.15) is 0 Å². The van der Waals surface area contributed by atoms with Gasteiger partial charge in [0.05, 0.1) is 8.07 Å². The predicted octanol–water partition coefficient (Wildman–Crippen LogP) is 3.78. The average molecular weight is 200 g/mol. The van der Waals surface area contributed by atoms with E-state index in [1.807, 2.05) is 0 Å². The number of allylic oxidation sites excluding steroid dienone is 8. The summed E-state index contributed by atoms with van der Waals surface area (Å²) >= 11 is 0. The molecule has 14 heavy (non-hydrogen) atoms. The first-order chi connectivity index (χ1) is 6.77. The molecule has 0 N–H and O–H groups in total. The van der Waals surface area contributed by atoms with Gasteiger partial charge in [0.1, 0.15) is 0 Å². The molecule has 0 aromatic heterocycles. The maximum atomic E-state index is 4.05. The molecule has 0 bridgehead atoms. The van der Waals surface area contributed by atoms with E-state index in [1.54, 1.807) is 0 Å². The van der Waals surface area contributed by atoms with Crippen LogP contribution >= 0.6 is 0 Å². The van der Waals surface area contributed by atoms with E-state index in [9.17, 15) is 0 Å². The Morgan fingerprint density at radius 2 is 1.29 bits per heavy atom. The zero-order valence-corrected chi connectivity index (χ0v) is 9.56. The van der Waals surface area contributed by atoms with E-state index in [1.165, 1.54) is 0 Å². The Labute approximate surface area is 87.0 Å². The summed E-state index contributed by atoms with van der Waals surface area (Å²) in [6.07, 6.45) is 17.9. The molecule has 72 valence electrons. The summed E-state index contributed by atoms with van der Waals surface area (Å²) in [7, 11) is -1.44. The second kappa shape index (κ2) is 3.58. The Morgan fingerprint density at radius 1 is 0.929 bits per heavy atom. The molecule has 0 saturated carbocycles. The van der Waals surface area contributed by atoms with Gasteiger partial charge in [0.15, 0.2) is 0 Å². The summed E-state index contributed by atoms with van der Waals surface area (Å²) in [5, 5.41) is 0. The van der Waals surface area contributed by atoms with E-state index in [4.69, 9.17) is 0 Å². The van der Waals surface area contributed by atoms with Crippen molar-refractivity contribution in [2.24, 2.45) is 0 Å². The van der Waals surface area contributed by atoms with Crippen molar-refractivity contribution in [1.82, 2.24) is 0 Å². The molecule has 2 aliphatic rings. The van der Waals surface area contributed by atoms with Gasteiger partial charge in [-0.3, -0.25) is 0 Å². The fraction of sp³-hybridized carbons (Fsp3) is 0.231. The molecule has 0 radical (unpaired) electrons. The molecule has 0 aromatic carbocycles. The zero-order chi connectivity index (χ0) is 10.0. The molecule has 2 aliphatic carbocycles. The minimum atomic E-state index is -1.44. The minimum Gasteiger partial charge on any atom is -0.107 e. The van der Waals surface area contributed by atoms with Crippen LogP contribution in [-0.2, 0) is 0 Å². The zero-order valence-electron chi connectivity index (χ0n) is 8.56. The van der Waals surface area contributed by atoms with Crippen molar-refractivity contribution >= 4 is 8.07 Å². The maximum absolute atomic E-state index is 4.05. The summed E-state index contributed by atoms with van der Waals surface area (Å²) in [6.45, 7) is 6.46. The Balaban J connectivity index is 2.28. The molecule has 0 atom stereocenters. The van der Waals surface area contributed by atoms with E-state index in [-0.39, 0.29) is 0 Å². The first kappa shape index (κ1) is 9.47. The first-order valence-electron chi connectivity index (χ1n) is 5.11. The number of hydrogen-bond donors (Lipinski definition) is 0. The van der Waals surface area contributed by atoms with E-state index >= 15 is 0 Å². The smallest absolute Gasteiger partial charge is 0.0952 e. The van der Waals surface area contributed by atoms with Gasteiger partial charge in [-0.05, 0) is 11.1 Å². The van der Waals surface area contributed by atoms with E-state index in [0.717, 1.165) is 0 Å². The highest BCUT2D eigenvalue weighted by atomic mass is 28.3. The van der Waals surface area contributed by atoms with Gasteiger partial charge in [0.25, 0.3) is 0 Å². The second-order valence-electron chi connectivity index (χ2n) is 4.16. The lowest BCUT2D eigenvalue weighted by Gasteiger charge is -2.32. The summed E-state index contributed by atoms with van der Waals surface area (Å²) < 4.78 is 0. The Bertz CT molecular complexity index is 292.